The highest BCUT2D eigenvalue weighted by molar-refractivity contribution is 5.98. The minimum Gasteiger partial charge on any atom is -0.346 e. The van der Waals surface area contributed by atoms with Crippen molar-refractivity contribution in [2.75, 3.05) is 5.32 Å². The van der Waals surface area contributed by atoms with Gasteiger partial charge in [0.2, 0.25) is 5.91 Å². The molecule has 6 heteroatoms. The molecule has 2 amide bonds. The zero-order chi connectivity index (χ0) is 19.3. The van der Waals surface area contributed by atoms with E-state index in [1.54, 1.807) is 24.4 Å². The van der Waals surface area contributed by atoms with Crippen molar-refractivity contribution in [2.24, 2.45) is 5.92 Å². The molecule has 1 aliphatic heterocycles. The number of amides is 2. The summed E-state index contributed by atoms with van der Waals surface area (Å²) in [4.78, 5) is 29.3. The van der Waals surface area contributed by atoms with Crippen LogP contribution in [-0.2, 0) is 11.3 Å². The Labute approximate surface area is 165 Å². The van der Waals surface area contributed by atoms with Crippen molar-refractivity contribution >= 4 is 17.5 Å². The van der Waals surface area contributed by atoms with Crippen LogP contribution in [0.25, 0.3) is 0 Å². The van der Waals surface area contributed by atoms with Crippen molar-refractivity contribution in [1.29, 1.82) is 0 Å². The van der Waals surface area contributed by atoms with Gasteiger partial charge >= 0.3 is 0 Å². The highest BCUT2D eigenvalue weighted by Crippen LogP contribution is 2.33. The highest BCUT2D eigenvalue weighted by Gasteiger charge is 2.38. The number of rotatable bonds is 5. The van der Waals surface area contributed by atoms with Gasteiger partial charge < -0.3 is 16.0 Å². The van der Waals surface area contributed by atoms with Crippen LogP contribution in [0.4, 0.5) is 5.69 Å². The first-order chi connectivity index (χ1) is 13.7. The van der Waals surface area contributed by atoms with E-state index in [0.29, 0.717) is 29.8 Å². The van der Waals surface area contributed by atoms with E-state index in [1.807, 2.05) is 24.3 Å². The fourth-order valence-corrected chi connectivity index (χ4v) is 4.26. The monoisotopic (exact) mass is 378 g/mol. The van der Waals surface area contributed by atoms with E-state index in [4.69, 9.17) is 0 Å². The molecule has 0 radical (unpaired) electrons. The van der Waals surface area contributed by atoms with Crippen molar-refractivity contribution in [1.82, 2.24) is 15.6 Å². The molecule has 1 aromatic carbocycles. The van der Waals surface area contributed by atoms with Crippen LogP contribution >= 0.6 is 0 Å². The Morgan fingerprint density at radius 1 is 1.11 bits per heavy atom. The number of anilines is 1. The molecule has 3 unspecified atom stereocenters. The lowest BCUT2D eigenvalue weighted by atomic mass is 9.85. The predicted octanol–water partition coefficient (Wildman–Crippen LogP) is 2.87. The molecule has 2 fully saturated rings. The van der Waals surface area contributed by atoms with Gasteiger partial charge in [-0.2, -0.15) is 0 Å². The van der Waals surface area contributed by atoms with E-state index < -0.39 is 0 Å². The Kier molecular flexibility index (Phi) is 5.67. The van der Waals surface area contributed by atoms with E-state index in [-0.39, 0.29) is 17.9 Å². The van der Waals surface area contributed by atoms with Crippen LogP contribution in [0.1, 0.15) is 48.2 Å². The summed E-state index contributed by atoms with van der Waals surface area (Å²) in [7, 11) is 0. The molecule has 28 heavy (non-hydrogen) atoms. The third kappa shape index (κ3) is 4.39. The number of benzene rings is 1. The molecule has 6 nitrogen and oxygen atoms in total. The maximum Gasteiger partial charge on any atom is 0.251 e. The van der Waals surface area contributed by atoms with Gasteiger partial charge in [0.05, 0.1) is 18.3 Å². The molecule has 1 aromatic heterocycles. The molecule has 0 bridgehead atoms. The molecule has 2 heterocycles. The zero-order valence-electron chi connectivity index (χ0n) is 15.9. The average Bonchev–Trinajstić information content (AvgIpc) is 3.17. The summed E-state index contributed by atoms with van der Waals surface area (Å²) in [5, 5.41) is 9.32. The lowest BCUT2D eigenvalue weighted by molar-refractivity contribution is -0.117. The maximum absolute atomic E-state index is 12.7. The second kappa shape index (κ2) is 8.52. The molecule has 1 aliphatic carbocycles. The number of nitrogens with one attached hydrogen (secondary N) is 3. The van der Waals surface area contributed by atoms with Gasteiger partial charge in [-0.3, -0.25) is 14.6 Å². The Balaban J connectivity index is 1.34. The summed E-state index contributed by atoms with van der Waals surface area (Å²) in [6.45, 7) is 0.366. The quantitative estimate of drug-likeness (QED) is 0.747. The first-order valence-corrected chi connectivity index (χ1v) is 10.0. The second-order valence-electron chi connectivity index (χ2n) is 7.68. The molecule has 0 spiro atoms. The van der Waals surface area contributed by atoms with Gasteiger partial charge in [0.25, 0.3) is 5.91 Å². The van der Waals surface area contributed by atoms with E-state index in [0.717, 1.165) is 12.1 Å². The number of hydrogen-bond donors (Lipinski definition) is 3. The minimum atomic E-state index is -0.188. The molecule has 3 atom stereocenters. The Morgan fingerprint density at radius 3 is 2.82 bits per heavy atom. The molecule has 146 valence electrons. The summed E-state index contributed by atoms with van der Waals surface area (Å²) >= 11 is 0. The first kappa shape index (κ1) is 18.6. The average molecular weight is 378 g/mol. The maximum atomic E-state index is 12.7. The summed E-state index contributed by atoms with van der Waals surface area (Å²) in [5.74, 6) is 0.417. The van der Waals surface area contributed by atoms with Crippen molar-refractivity contribution in [2.45, 2.75) is 50.7 Å². The smallest absolute Gasteiger partial charge is 0.251 e. The molecule has 2 aliphatic rings. The predicted molar refractivity (Wildman–Crippen MR) is 108 cm³/mol. The Morgan fingerprint density at radius 2 is 2.00 bits per heavy atom. The third-order valence-corrected chi connectivity index (χ3v) is 5.73. The van der Waals surface area contributed by atoms with Crippen LogP contribution in [0.2, 0.25) is 0 Å². The first-order valence-electron chi connectivity index (χ1n) is 10.0. The Hall–Kier alpha value is -2.73. The number of pyridine rings is 1. The number of fused-ring (bicyclic) bond motifs is 1. The molecular formula is C22H26N4O2. The number of aromatic nitrogens is 1. The van der Waals surface area contributed by atoms with Crippen LogP contribution in [-0.4, -0.2) is 28.9 Å². The highest BCUT2D eigenvalue weighted by atomic mass is 16.2. The van der Waals surface area contributed by atoms with Crippen molar-refractivity contribution in [3.05, 3.63) is 59.9 Å². The van der Waals surface area contributed by atoms with Crippen molar-refractivity contribution in [3.8, 4) is 0 Å². The molecule has 3 N–H and O–H groups in total. The molecule has 1 saturated carbocycles. The number of hydrogen-bond acceptors (Lipinski definition) is 4. The summed E-state index contributed by atoms with van der Waals surface area (Å²) in [5.41, 5.74) is 1.96. The lowest BCUT2D eigenvalue weighted by Gasteiger charge is -2.24. The van der Waals surface area contributed by atoms with Crippen LogP contribution in [0, 0.1) is 5.92 Å². The van der Waals surface area contributed by atoms with Crippen molar-refractivity contribution in [3.63, 3.8) is 0 Å². The topological polar surface area (TPSA) is 83.1 Å². The van der Waals surface area contributed by atoms with E-state index in [1.165, 1.54) is 25.7 Å². The van der Waals surface area contributed by atoms with Crippen LogP contribution in [0.3, 0.4) is 0 Å². The summed E-state index contributed by atoms with van der Waals surface area (Å²) in [6, 6.07) is 13.0. The molecule has 1 saturated heterocycles. The van der Waals surface area contributed by atoms with Gasteiger partial charge in [0.1, 0.15) is 0 Å². The second-order valence-corrected chi connectivity index (χ2v) is 7.68. The molecule has 4 rings (SSSR count). The van der Waals surface area contributed by atoms with E-state index >= 15 is 0 Å². The van der Waals surface area contributed by atoms with Gasteiger partial charge in [-0.25, -0.2) is 0 Å². The standard InChI is InChI=1S/C22H26N4O2/c27-21(24-14-18-8-3-4-11-23-18)16-7-5-9-17(12-16)25-22(28)20-13-15-6-1-2-10-19(15)26-20/h3-5,7-9,11-12,15,19-20,26H,1-2,6,10,13-14H2,(H,24,27)(H,25,28). The number of carbonyl (C=O) groups excluding carboxylic acids is 2. The summed E-state index contributed by atoms with van der Waals surface area (Å²) < 4.78 is 0. The van der Waals surface area contributed by atoms with Crippen LogP contribution in [0.5, 0.6) is 0 Å². The van der Waals surface area contributed by atoms with Gasteiger partial charge in [0, 0.05) is 23.5 Å². The minimum absolute atomic E-state index is 0.0135. The van der Waals surface area contributed by atoms with Gasteiger partial charge in [0.15, 0.2) is 0 Å². The van der Waals surface area contributed by atoms with Crippen LogP contribution < -0.4 is 16.0 Å². The molecular weight excluding hydrogens is 352 g/mol. The number of nitrogens with zero attached hydrogens (tertiary/aromatic N) is 1. The van der Waals surface area contributed by atoms with Gasteiger partial charge in [-0.05, 0) is 55.5 Å². The van der Waals surface area contributed by atoms with E-state index in [9.17, 15) is 9.59 Å². The normalized spacial score (nSPS) is 23.6. The molecule has 2 aromatic rings. The third-order valence-electron chi connectivity index (χ3n) is 5.73. The van der Waals surface area contributed by atoms with Crippen LogP contribution in [0.15, 0.2) is 48.7 Å². The fraction of sp³-hybridized carbons (Fsp3) is 0.409. The summed E-state index contributed by atoms with van der Waals surface area (Å²) in [6.07, 6.45) is 7.50. The lowest BCUT2D eigenvalue weighted by Crippen LogP contribution is -2.39. The van der Waals surface area contributed by atoms with Crippen molar-refractivity contribution < 1.29 is 9.59 Å². The van der Waals surface area contributed by atoms with E-state index in [2.05, 4.69) is 20.9 Å². The van der Waals surface area contributed by atoms with Gasteiger partial charge in [-0.15, -0.1) is 0 Å². The van der Waals surface area contributed by atoms with Gasteiger partial charge in [-0.1, -0.05) is 25.0 Å². The zero-order valence-corrected chi connectivity index (χ0v) is 15.9. The number of carbonyl (C=O) groups is 2. The SMILES string of the molecule is O=C(NCc1ccccn1)c1cccc(NC(=O)C2CC3CCCCC3N2)c1. The fourth-order valence-electron chi connectivity index (χ4n) is 4.26. The largest absolute Gasteiger partial charge is 0.346 e. The Bertz CT molecular complexity index is 825.